The van der Waals surface area contributed by atoms with Crippen LogP contribution in [0.5, 0.6) is 0 Å². The number of hydrogen-bond acceptors (Lipinski definition) is 4. The Labute approximate surface area is 266 Å². The zero-order valence-electron chi connectivity index (χ0n) is 27.3. The van der Waals surface area contributed by atoms with E-state index in [1.54, 1.807) is 0 Å². The third kappa shape index (κ3) is 20.1. The van der Waals surface area contributed by atoms with Crippen LogP contribution in [0.3, 0.4) is 0 Å². The molecule has 0 aliphatic carbocycles. The second-order valence-electron chi connectivity index (χ2n) is 11.8. The Balaban J connectivity index is 6.23. The van der Waals surface area contributed by atoms with Crippen LogP contribution in [-0.2, 0) is 19.1 Å². The molecular weight excluding hydrogens is 637 g/mol. The van der Waals surface area contributed by atoms with Crippen LogP contribution in [0, 0.1) is 5.41 Å². The highest BCUT2D eigenvalue weighted by atomic mass is 19.4. The van der Waals surface area contributed by atoms with Crippen molar-refractivity contribution in [2.24, 2.45) is 5.41 Å². The standard InChI is InChI=1S/C30H50F9N3O4/c1-5-9-13-40(14-10-6-2)24(43)17-42(18-25(44)41(15-11-7-3)16-12-8-4)26(45)19-46-23-27(20-28(31,32)33,21-29(34,35)36)22-30(37,38)39/h5-23H2,1-4H3. The molecule has 0 aromatic heterocycles. The number of alkyl halides is 9. The fourth-order valence-corrected chi connectivity index (χ4v) is 4.94. The Hall–Kier alpha value is -2.26. The van der Waals surface area contributed by atoms with Crippen molar-refractivity contribution in [1.29, 1.82) is 0 Å². The molecule has 0 aliphatic rings. The van der Waals surface area contributed by atoms with Gasteiger partial charge in [0.15, 0.2) is 0 Å². The minimum atomic E-state index is -5.41. The zero-order valence-corrected chi connectivity index (χ0v) is 27.3. The number of unbranched alkanes of at least 4 members (excludes halogenated alkanes) is 4. The van der Waals surface area contributed by atoms with Crippen LogP contribution < -0.4 is 0 Å². The molecule has 7 nitrogen and oxygen atoms in total. The Morgan fingerprint density at radius 3 is 1.07 bits per heavy atom. The quantitative estimate of drug-likeness (QED) is 0.104. The first-order valence-corrected chi connectivity index (χ1v) is 15.8. The molecule has 0 saturated heterocycles. The van der Waals surface area contributed by atoms with Crippen molar-refractivity contribution in [2.45, 2.75) is 117 Å². The molecule has 0 aromatic rings. The normalized spacial score (nSPS) is 12.7. The molecule has 0 saturated carbocycles. The van der Waals surface area contributed by atoms with Gasteiger partial charge in [0.25, 0.3) is 0 Å². The largest absolute Gasteiger partial charge is 0.389 e. The van der Waals surface area contributed by atoms with Gasteiger partial charge >= 0.3 is 18.5 Å². The summed E-state index contributed by atoms with van der Waals surface area (Å²) >= 11 is 0. The Kier molecular flexibility index (Phi) is 19.8. The molecule has 0 N–H and O–H groups in total. The van der Waals surface area contributed by atoms with Crippen LogP contribution in [0.2, 0.25) is 0 Å². The molecule has 0 radical (unpaired) electrons. The lowest BCUT2D eigenvalue weighted by atomic mass is 9.78. The van der Waals surface area contributed by atoms with E-state index in [9.17, 15) is 53.9 Å². The smallest absolute Gasteiger partial charge is 0.371 e. The zero-order chi connectivity index (χ0) is 35.6. The van der Waals surface area contributed by atoms with Crippen LogP contribution in [0.1, 0.15) is 98.3 Å². The summed E-state index contributed by atoms with van der Waals surface area (Å²) in [5.74, 6) is -2.19. The highest BCUT2D eigenvalue weighted by molar-refractivity contribution is 5.89. The molecule has 0 unspecified atom stereocenters. The summed E-state index contributed by atoms with van der Waals surface area (Å²) in [6.45, 7) is 4.88. The Morgan fingerprint density at radius 1 is 0.500 bits per heavy atom. The third-order valence-electron chi connectivity index (χ3n) is 7.20. The lowest BCUT2D eigenvalue weighted by Gasteiger charge is -2.36. The van der Waals surface area contributed by atoms with Gasteiger partial charge in [0, 0.05) is 31.6 Å². The maximum absolute atomic E-state index is 13.3. The fraction of sp³-hybridized carbons (Fsp3) is 0.900. The molecular formula is C30H50F9N3O4. The van der Waals surface area contributed by atoms with Gasteiger partial charge in [0.1, 0.15) is 19.7 Å². The van der Waals surface area contributed by atoms with Crippen molar-refractivity contribution in [3.63, 3.8) is 0 Å². The van der Waals surface area contributed by atoms with E-state index < -0.39 is 87.2 Å². The second kappa shape index (κ2) is 20.9. The van der Waals surface area contributed by atoms with Crippen molar-refractivity contribution < 1.29 is 58.6 Å². The lowest BCUT2D eigenvalue weighted by Crippen LogP contribution is -2.49. The molecule has 0 rings (SSSR count). The van der Waals surface area contributed by atoms with E-state index in [-0.39, 0.29) is 0 Å². The summed E-state index contributed by atoms with van der Waals surface area (Å²) in [5.41, 5.74) is -3.49. The van der Waals surface area contributed by atoms with Gasteiger partial charge < -0.3 is 19.4 Å². The van der Waals surface area contributed by atoms with Crippen LogP contribution in [0.4, 0.5) is 39.5 Å². The summed E-state index contributed by atoms with van der Waals surface area (Å²) in [6, 6.07) is 0. The van der Waals surface area contributed by atoms with Gasteiger partial charge in [-0.05, 0) is 25.7 Å². The summed E-state index contributed by atoms with van der Waals surface area (Å²) in [4.78, 5) is 43.6. The first-order chi connectivity index (χ1) is 21.2. The van der Waals surface area contributed by atoms with Crippen molar-refractivity contribution in [1.82, 2.24) is 14.7 Å². The molecule has 0 atom stereocenters. The molecule has 0 aliphatic heterocycles. The molecule has 0 bridgehead atoms. The Bertz CT molecular complexity index is 806. The molecule has 0 fully saturated rings. The van der Waals surface area contributed by atoms with Crippen molar-refractivity contribution in [3.8, 4) is 0 Å². The molecule has 272 valence electrons. The number of amides is 3. The minimum absolute atomic E-state index is 0.357. The van der Waals surface area contributed by atoms with Crippen molar-refractivity contribution >= 4 is 17.7 Å². The van der Waals surface area contributed by atoms with Crippen LogP contribution in [0.25, 0.3) is 0 Å². The van der Waals surface area contributed by atoms with Gasteiger partial charge in [-0.2, -0.15) is 39.5 Å². The first kappa shape index (κ1) is 43.7. The predicted octanol–water partition coefficient (Wildman–Crippen LogP) is 7.53. The first-order valence-electron chi connectivity index (χ1n) is 15.8. The van der Waals surface area contributed by atoms with Crippen molar-refractivity contribution in [2.75, 3.05) is 52.5 Å². The topological polar surface area (TPSA) is 70.2 Å². The SMILES string of the molecule is CCCCN(CCCC)C(=O)CN(CC(=O)N(CCCC)CCCC)C(=O)COCC(CC(F)(F)F)(CC(F)(F)F)CC(F)(F)F. The number of carbonyl (C=O) groups excluding carboxylic acids is 3. The molecule has 3 amide bonds. The monoisotopic (exact) mass is 687 g/mol. The summed E-state index contributed by atoms with van der Waals surface area (Å²) in [6.07, 6.45) is -18.0. The summed E-state index contributed by atoms with van der Waals surface area (Å²) in [5, 5.41) is 0. The fourth-order valence-electron chi connectivity index (χ4n) is 4.94. The van der Waals surface area contributed by atoms with Gasteiger partial charge in [-0.25, -0.2) is 0 Å². The van der Waals surface area contributed by atoms with Crippen molar-refractivity contribution in [3.05, 3.63) is 0 Å². The summed E-state index contributed by atoms with van der Waals surface area (Å²) in [7, 11) is 0. The van der Waals surface area contributed by atoms with Crippen LogP contribution in [0.15, 0.2) is 0 Å². The van der Waals surface area contributed by atoms with Gasteiger partial charge in [-0.1, -0.05) is 53.4 Å². The number of hydrogen-bond donors (Lipinski definition) is 0. The average molecular weight is 688 g/mol. The van der Waals surface area contributed by atoms with E-state index in [0.29, 0.717) is 51.9 Å². The number of nitrogens with zero attached hydrogens (tertiary/aromatic N) is 3. The number of carbonyl (C=O) groups is 3. The highest BCUT2D eigenvalue weighted by Crippen LogP contribution is 2.48. The molecule has 46 heavy (non-hydrogen) atoms. The van der Waals surface area contributed by atoms with Crippen LogP contribution in [-0.4, -0.2) is 103 Å². The second-order valence-corrected chi connectivity index (χ2v) is 11.8. The molecule has 0 heterocycles. The van der Waals surface area contributed by atoms with E-state index >= 15 is 0 Å². The van der Waals surface area contributed by atoms with E-state index in [0.717, 1.165) is 30.6 Å². The highest BCUT2D eigenvalue weighted by Gasteiger charge is 2.54. The molecule has 0 aromatic carbocycles. The third-order valence-corrected chi connectivity index (χ3v) is 7.20. The molecule has 16 heteroatoms. The lowest BCUT2D eigenvalue weighted by molar-refractivity contribution is -0.235. The minimum Gasteiger partial charge on any atom is -0.371 e. The maximum Gasteiger partial charge on any atom is 0.389 e. The molecule has 0 spiro atoms. The van der Waals surface area contributed by atoms with E-state index in [2.05, 4.69) is 0 Å². The van der Waals surface area contributed by atoms with Crippen LogP contribution >= 0.6 is 0 Å². The van der Waals surface area contributed by atoms with Gasteiger partial charge in [0.05, 0.1) is 25.9 Å². The number of halogens is 9. The average Bonchev–Trinajstić information content (AvgIpc) is 2.89. The van der Waals surface area contributed by atoms with E-state index in [4.69, 9.17) is 4.74 Å². The predicted molar refractivity (Wildman–Crippen MR) is 155 cm³/mol. The number of ether oxygens (including phenoxy) is 1. The van der Waals surface area contributed by atoms with E-state index in [1.165, 1.54) is 9.80 Å². The summed E-state index contributed by atoms with van der Waals surface area (Å²) < 4.78 is 124. The number of rotatable bonds is 23. The van der Waals surface area contributed by atoms with Gasteiger partial charge in [-0.15, -0.1) is 0 Å². The van der Waals surface area contributed by atoms with Gasteiger partial charge in [0.2, 0.25) is 17.7 Å². The van der Waals surface area contributed by atoms with Gasteiger partial charge in [-0.3, -0.25) is 14.4 Å². The Morgan fingerprint density at radius 2 is 0.804 bits per heavy atom. The maximum atomic E-state index is 13.3. The van der Waals surface area contributed by atoms with E-state index in [1.807, 2.05) is 27.7 Å².